The fraction of sp³-hybridized carbons (Fsp3) is 0.857. The fourth-order valence-corrected chi connectivity index (χ4v) is 1.44. The molecule has 1 atom stereocenters. The maximum atomic E-state index is 10.9. The van der Waals surface area contributed by atoms with E-state index in [0.29, 0.717) is 25.5 Å². The van der Waals surface area contributed by atoms with Crippen LogP contribution in [0.25, 0.3) is 0 Å². The van der Waals surface area contributed by atoms with E-state index < -0.39 is 8.03 Å². The second-order valence-electron chi connectivity index (χ2n) is 2.48. The summed E-state index contributed by atoms with van der Waals surface area (Å²) in [5.41, 5.74) is 5.22. The molecule has 4 nitrogen and oxygen atoms in total. The zero-order valence-corrected chi connectivity index (χ0v) is 8.18. The van der Waals surface area contributed by atoms with E-state index in [1.807, 2.05) is 0 Å². The highest BCUT2D eigenvalue weighted by molar-refractivity contribution is 7.39. The van der Waals surface area contributed by atoms with Crippen LogP contribution in [-0.4, -0.2) is 25.1 Å². The smallest absolute Gasteiger partial charge is 0.330 e. The second-order valence-corrected chi connectivity index (χ2v) is 3.85. The molecule has 0 radical (unpaired) electrons. The normalized spacial score (nSPS) is 11.3. The summed E-state index contributed by atoms with van der Waals surface area (Å²) in [6.45, 7) is 2.27. The number of ketones is 1. The van der Waals surface area contributed by atoms with Crippen molar-refractivity contribution in [2.45, 2.75) is 19.8 Å². The van der Waals surface area contributed by atoms with E-state index in [1.165, 1.54) is 6.92 Å². The van der Waals surface area contributed by atoms with E-state index in [0.717, 1.165) is 0 Å². The summed E-state index contributed by atoms with van der Waals surface area (Å²) in [6.07, 6.45) is 1.53. The van der Waals surface area contributed by atoms with Crippen LogP contribution in [0.3, 0.4) is 0 Å². The van der Waals surface area contributed by atoms with Gasteiger partial charge in [-0.15, -0.1) is 4.52 Å². The van der Waals surface area contributed by atoms with Crippen LogP contribution in [0, 0.1) is 0 Å². The van der Waals surface area contributed by atoms with Crippen molar-refractivity contribution in [3.8, 4) is 0 Å². The second kappa shape index (κ2) is 7.35. The molecule has 12 heavy (non-hydrogen) atoms. The van der Waals surface area contributed by atoms with Crippen molar-refractivity contribution in [1.29, 1.82) is 0 Å². The molecule has 0 saturated heterocycles. The van der Waals surface area contributed by atoms with Crippen LogP contribution < -0.4 is 5.73 Å². The van der Waals surface area contributed by atoms with Gasteiger partial charge in [-0.1, -0.05) is 0 Å². The van der Waals surface area contributed by atoms with Crippen LogP contribution in [-0.2, 0) is 13.9 Å². The van der Waals surface area contributed by atoms with E-state index in [2.05, 4.69) is 0 Å². The van der Waals surface area contributed by atoms with Crippen molar-refractivity contribution < 1.29 is 13.9 Å². The van der Waals surface area contributed by atoms with Crippen molar-refractivity contribution in [1.82, 2.24) is 0 Å². The molecule has 0 bridgehead atoms. The predicted molar refractivity (Wildman–Crippen MR) is 47.4 cm³/mol. The largest absolute Gasteiger partial charge is 0.508 e. The molecule has 0 rings (SSSR count). The van der Waals surface area contributed by atoms with Crippen LogP contribution in [0.2, 0.25) is 0 Å². The molecule has 0 aromatic heterocycles. The van der Waals surface area contributed by atoms with Gasteiger partial charge >= 0.3 is 8.03 Å². The molecule has 0 amide bonds. The topological polar surface area (TPSA) is 69.4 Å². The van der Waals surface area contributed by atoms with Crippen molar-refractivity contribution in [2.24, 2.45) is 5.73 Å². The molecule has 0 aromatic carbocycles. The van der Waals surface area contributed by atoms with Crippen molar-refractivity contribution in [3.63, 3.8) is 0 Å². The van der Waals surface area contributed by atoms with Crippen LogP contribution >= 0.6 is 8.03 Å². The summed E-state index contributed by atoms with van der Waals surface area (Å²) in [4.78, 5) is 10.4. The van der Waals surface area contributed by atoms with Gasteiger partial charge in [0.05, 0.1) is 0 Å². The van der Waals surface area contributed by atoms with Gasteiger partial charge in [0.25, 0.3) is 0 Å². The van der Waals surface area contributed by atoms with Gasteiger partial charge in [0.15, 0.2) is 6.16 Å². The third-order valence-corrected chi connectivity index (χ3v) is 2.39. The van der Waals surface area contributed by atoms with Gasteiger partial charge < -0.3 is 5.73 Å². The maximum absolute atomic E-state index is 10.9. The molecule has 5 heteroatoms. The first-order valence-corrected chi connectivity index (χ1v) is 5.30. The zero-order chi connectivity index (χ0) is 9.40. The van der Waals surface area contributed by atoms with Crippen LogP contribution in [0.1, 0.15) is 19.8 Å². The highest BCUT2D eigenvalue weighted by Crippen LogP contribution is 2.22. The molecular weight excluding hydrogens is 177 g/mol. The van der Waals surface area contributed by atoms with E-state index in [1.54, 1.807) is 0 Å². The molecule has 0 aromatic rings. The molecule has 70 valence electrons. The number of hydrogen-bond donors (Lipinski definition) is 1. The first-order valence-electron chi connectivity index (χ1n) is 3.94. The Kier molecular flexibility index (Phi) is 7.16. The van der Waals surface area contributed by atoms with Crippen molar-refractivity contribution in [3.05, 3.63) is 0 Å². The first-order chi connectivity index (χ1) is 5.66. The molecule has 0 spiro atoms. The van der Waals surface area contributed by atoms with Gasteiger partial charge in [-0.2, -0.15) is 0 Å². The Morgan fingerprint density at radius 3 is 2.75 bits per heavy atom. The highest BCUT2D eigenvalue weighted by Gasteiger charge is 2.15. The monoisotopic (exact) mass is 192 g/mol. The number of hydrogen-bond acceptors (Lipinski definition) is 4. The Bertz CT molecular complexity index is 161. The lowest BCUT2D eigenvalue weighted by molar-refractivity contribution is -0.117. The van der Waals surface area contributed by atoms with Crippen LogP contribution in [0.5, 0.6) is 0 Å². The van der Waals surface area contributed by atoms with Crippen LogP contribution in [0.15, 0.2) is 0 Å². The average Bonchev–Trinajstić information content (AvgIpc) is 2.00. The van der Waals surface area contributed by atoms with Gasteiger partial charge in [-0.05, 0) is 18.0 Å². The molecule has 2 N–H and O–H groups in total. The Morgan fingerprint density at radius 2 is 2.25 bits per heavy atom. The quantitative estimate of drug-likeness (QED) is 0.612. The van der Waals surface area contributed by atoms with Gasteiger partial charge in [-0.25, -0.2) is 0 Å². The molecule has 0 aliphatic rings. The minimum Gasteiger partial charge on any atom is -0.330 e. The Hall–Kier alpha value is -0.310. The van der Waals surface area contributed by atoms with E-state index in [4.69, 9.17) is 10.3 Å². The molecule has 0 saturated carbocycles. The highest BCUT2D eigenvalue weighted by atomic mass is 31.1. The summed E-state index contributed by atoms with van der Waals surface area (Å²) >= 11 is 0. The standard InChI is InChI=1S/C7H15NO3P/c1-7(9)3-5-11-12(10)6-2-4-8/h2-6,8H2,1H3/q+1. The number of nitrogens with two attached hydrogens (primary N) is 1. The molecule has 1 unspecified atom stereocenters. The van der Waals surface area contributed by atoms with Gasteiger partial charge in [0.2, 0.25) is 0 Å². The van der Waals surface area contributed by atoms with E-state index >= 15 is 0 Å². The first kappa shape index (κ1) is 11.7. The lowest BCUT2D eigenvalue weighted by Crippen LogP contribution is -2.01. The Morgan fingerprint density at radius 1 is 1.58 bits per heavy atom. The van der Waals surface area contributed by atoms with E-state index in [-0.39, 0.29) is 12.4 Å². The summed E-state index contributed by atoms with van der Waals surface area (Å²) in [5.74, 6) is 0.0530. The molecule has 0 aliphatic heterocycles. The number of Topliss-reactive ketones (excluding diaryl/α,β-unsaturated/α-hetero) is 1. The van der Waals surface area contributed by atoms with Gasteiger partial charge in [-0.3, -0.25) is 4.79 Å². The maximum Gasteiger partial charge on any atom is 0.508 e. The SMILES string of the molecule is CC(=O)CCO[P+](=O)CCCN. The van der Waals surface area contributed by atoms with Gasteiger partial charge in [0.1, 0.15) is 12.4 Å². The summed E-state index contributed by atoms with van der Waals surface area (Å²) in [6, 6.07) is 0. The molecule has 0 fully saturated rings. The number of carbonyl (C=O) groups excluding carboxylic acids is 1. The molecule has 0 heterocycles. The lowest BCUT2D eigenvalue weighted by Gasteiger charge is -1.89. The van der Waals surface area contributed by atoms with Gasteiger partial charge in [0, 0.05) is 12.8 Å². The van der Waals surface area contributed by atoms with Crippen molar-refractivity contribution >= 4 is 13.8 Å². The lowest BCUT2D eigenvalue weighted by atomic mass is 10.3. The molecular formula is C7H15NO3P+. The minimum absolute atomic E-state index is 0.0530. The third kappa shape index (κ3) is 7.79. The number of carbonyl (C=O) groups is 1. The van der Waals surface area contributed by atoms with E-state index in [9.17, 15) is 9.36 Å². The Labute approximate surface area is 73.3 Å². The Balaban J connectivity index is 3.25. The minimum atomic E-state index is -1.60. The van der Waals surface area contributed by atoms with Crippen LogP contribution in [0.4, 0.5) is 0 Å². The predicted octanol–water partition coefficient (Wildman–Crippen LogP) is 1.07. The summed E-state index contributed by atoms with van der Waals surface area (Å²) < 4.78 is 15.8. The average molecular weight is 192 g/mol. The summed E-state index contributed by atoms with van der Waals surface area (Å²) in [7, 11) is -1.60. The zero-order valence-electron chi connectivity index (χ0n) is 7.28. The van der Waals surface area contributed by atoms with Crippen molar-refractivity contribution in [2.75, 3.05) is 19.3 Å². The summed E-state index contributed by atoms with van der Waals surface area (Å²) in [5, 5.41) is 0. The molecule has 0 aliphatic carbocycles. The number of rotatable bonds is 7. The fourth-order valence-electron chi connectivity index (χ4n) is 0.576. The third-order valence-electron chi connectivity index (χ3n) is 1.23.